The molecule has 0 spiro atoms. The van der Waals surface area contributed by atoms with Gasteiger partial charge in [-0.2, -0.15) is 0 Å². The lowest BCUT2D eigenvalue weighted by Crippen LogP contribution is -1.97. The van der Waals surface area contributed by atoms with Crippen LogP contribution in [0.15, 0.2) is 72.8 Å². The fourth-order valence-electron chi connectivity index (χ4n) is 3.06. The minimum absolute atomic E-state index is 0.326. The number of carbonyl (C=O) groups excluding carboxylic acids is 2. The molecule has 0 unspecified atom stereocenters. The van der Waals surface area contributed by atoms with E-state index in [0.717, 1.165) is 16.9 Å². The fraction of sp³-hybridized carbons (Fsp3) is 0.0417. The van der Waals surface area contributed by atoms with E-state index in [2.05, 4.69) is 9.97 Å². The molecule has 3 heterocycles. The third-order valence-corrected chi connectivity index (χ3v) is 4.56. The first-order valence-electron chi connectivity index (χ1n) is 9.22. The predicted octanol–water partition coefficient (Wildman–Crippen LogP) is 4.51. The molecule has 4 aromatic rings. The van der Waals surface area contributed by atoms with Crippen LogP contribution >= 0.6 is 0 Å². The van der Waals surface area contributed by atoms with Crippen LogP contribution in [0, 0.1) is 0 Å². The quantitative estimate of drug-likeness (QED) is 0.447. The first-order valence-corrected chi connectivity index (χ1v) is 9.22. The third-order valence-electron chi connectivity index (χ3n) is 4.56. The molecule has 0 saturated heterocycles. The van der Waals surface area contributed by atoms with E-state index in [9.17, 15) is 9.59 Å². The Hall–Kier alpha value is -4.19. The van der Waals surface area contributed by atoms with Crippen LogP contribution in [0.1, 0.15) is 21.0 Å². The molecule has 146 valence electrons. The summed E-state index contributed by atoms with van der Waals surface area (Å²) in [7, 11) is 1.62. The highest BCUT2D eigenvalue weighted by atomic mass is 16.5. The van der Waals surface area contributed by atoms with Gasteiger partial charge in [0.2, 0.25) is 0 Å². The topological polar surface area (TPSA) is 82.0 Å². The monoisotopic (exact) mass is 395 g/mol. The maximum atomic E-state index is 11.2. The summed E-state index contributed by atoms with van der Waals surface area (Å²) in [6, 6.07) is 21.9. The fourth-order valence-corrected chi connectivity index (χ4v) is 3.06. The van der Waals surface area contributed by atoms with Crippen molar-refractivity contribution in [2.24, 2.45) is 0 Å². The van der Waals surface area contributed by atoms with E-state index in [1.165, 1.54) is 0 Å². The summed E-state index contributed by atoms with van der Waals surface area (Å²) in [5.74, 6) is 0.758. The molecular formula is C24H17N3O3. The highest BCUT2D eigenvalue weighted by Gasteiger charge is 2.12. The molecule has 0 fully saturated rings. The molecule has 6 nitrogen and oxygen atoms in total. The van der Waals surface area contributed by atoms with Crippen LogP contribution in [0.2, 0.25) is 0 Å². The molecule has 3 aromatic heterocycles. The van der Waals surface area contributed by atoms with E-state index in [1.807, 2.05) is 36.4 Å². The highest BCUT2D eigenvalue weighted by molar-refractivity contribution is 5.78. The number of ether oxygens (including phenoxy) is 1. The lowest BCUT2D eigenvalue weighted by Gasteiger charge is -2.10. The highest BCUT2D eigenvalue weighted by Crippen LogP contribution is 2.30. The second kappa shape index (κ2) is 8.45. The average Bonchev–Trinajstić information content (AvgIpc) is 2.84. The number of rotatable bonds is 6. The zero-order valence-corrected chi connectivity index (χ0v) is 16.1. The third kappa shape index (κ3) is 3.98. The van der Waals surface area contributed by atoms with Gasteiger partial charge in [0.15, 0.2) is 12.6 Å². The predicted molar refractivity (Wildman–Crippen MR) is 113 cm³/mol. The van der Waals surface area contributed by atoms with Gasteiger partial charge in [-0.15, -0.1) is 0 Å². The summed E-state index contributed by atoms with van der Waals surface area (Å²) < 4.78 is 5.24. The van der Waals surface area contributed by atoms with Crippen LogP contribution in [0.4, 0.5) is 0 Å². The van der Waals surface area contributed by atoms with Gasteiger partial charge >= 0.3 is 0 Å². The molecule has 0 bridgehead atoms. The first-order chi connectivity index (χ1) is 14.7. The smallest absolute Gasteiger partial charge is 0.168 e. The molecule has 0 N–H and O–H groups in total. The molecule has 0 aliphatic carbocycles. The van der Waals surface area contributed by atoms with Crippen LogP contribution in [0.25, 0.3) is 33.9 Å². The van der Waals surface area contributed by atoms with Gasteiger partial charge in [-0.05, 0) is 59.7 Å². The molecule has 0 aliphatic heterocycles. The van der Waals surface area contributed by atoms with Crippen LogP contribution in [0.3, 0.4) is 0 Å². The number of benzene rings is 1. The summed E-state index contributed by atoms with van der Waals surface area (Å²) in [5.41, 5.74) is 4.85. The Morgan fingerprint density at radius 1 is 0.633 bits per heavy atom. The Morgan fingerprint density at radius 2 is 1.17 bits per heavy atom. The zero-order valence-electron chi connectivity index (χ0n) is 16.1. The molecule has 0 aliphatic rings. The summed E-state index contributed by atoms with van der Waals surface area (Å²) in [6.45, 7) is 0. The van der Waals surface area contributed by atoms with Crippen molar-refractivity contribution in [1.82, 2.24) is 15.0 Å². The molecule has 0 amide bonds. The van der Waals surface area contributed by atoms with Crippen LogP contribution in [-0.2, 0) is 0 Å². The number of aldehydes is 2. The average molecular weight is 395 g/mol. The van der Waals surface area contributed by atoms with Crippen LogP contribution < -0.4 is 4.74 Å². The van der Waals surface area contributed by atoms with Crippen molar-refractivity contribution >= 4 is 12.6 Å². The van der Waals surface area contributed by atoms with Gasteiger partial charge in [-0.3, -0.25) is 9.59 Å². The second-order valence-corrected chi connectivity index (χ2v) is 6.49. The Bertz CT molecular complexity index is 1150. The van der Waals surface area contributed by atoms with Crippen molar-refractivity contribution in [3.05, 3.63) is 84.2 Å². The van der Waals surface area contributed by atoms with Crippen molar-refractivity contribution < 1.29 is 14.3 Å². The number of carbonyl (C=O) groups is 2. The molecule has 6 heteroatoms. The molecular weight excluding hydrogens is 378 g/mol. The van der Waals surface area contributed by atoms with E-state index in [-0.39, 0.29) is 0 Å². The number of pyridine rings is 3. The van der Waals surface area contributed by atoms with Gasteiger partial charge in [0.25, 0.3) is 0 Å². The molecule has 0 saturated carbocycles. The maximum Gasteiger partial charge on any atom is 0.168 e. The summed E-state index contributed by atoms with van der Waals surface area (Å²) in [6.07, 6.45) is 1.40. The SMILES string of the molecule is COc1ccc(-c2cc(-c3cccc(C=O)n3)nc(-c3cccc(C=O)n3)c2)cc1. The Labute approximate surface area is 173 Å². The molecule has 0 atom stereocenters. The van der Waals surface area contributed by atoms with Gasteiger partial charge in [0, 0.05) is 0 Å². The number of hydrogen-bond acceptors (Lipinski definition) is 6. The zero-order chi connectivity index (χ0) is 20.9. The van der Waals surface area contributed by atoms with Gasteiger partial charge in [0.05, 0.1) is 29.9 Å². The second-order valence-electron chi connectivity index (χ2n) is 6.49. The first kappa shape index (κ1) is 19.1. The standard InChI is InChI=1S/C24H17N3O3/c1-30-20-10-8-16(9-11-20)17-12-23(21-6-2-4-18(14-28)25-21)27-24(13-17)22-7-3-5-19(15-29)26-22/h2-15H,1H3. The van der Waals surface area contributed by atoms with Crippen molar-refractivity contribution in [3.8, 4) is 39.7 Å². The largest absolute Gasteiger partial charge is 0.497 e. The molecule has 30 heavy (non-hydrogen) atoms. The van der Waals surface area contributed by atoms with E-state index >= 15 is 0 Å². The minimum Gasteiger partial charge on any atom is -0.497 e. The van der Waals surface area contributed by atoms with Crippen molar-refractivity contribution in [2.45, 2.75) is 0 Å². The number of nitrogens with zero attached hydrogens (tertiary/aromatic N) is 3. The van der Waals surface area contributed by atoms with Gasteiger partial charge < -0.3 is 4.74 Å². The van der Waals surface area contributed by atoms with Crippen LogP contribution in [-0.4, -0.2) is 34.6 Å². The number of methoxy groups -OCH3 is 1. The normalized spacial score (nSPS) is 10.4. The summed E-state index contributed by atoms with van der Waals surface area (Å²) in [5, 5.41) is 0. The number of aromatic nitrogens is 3. The van der Waals surface area contributed by atoms with Crippen molar-refractivity contribution in [1.29, 1.82) is 0 Å². The molecule has 4 rings (SSSR count). The van der Waals surface area contributed by atoms with Gasteiger partial charge in [-0.25, -0.2) is 15.0 Å². The van der Waals surface area contributed by atoms with E-state index < -0.39 is 0 Å². The lowest BCUT2D eigenvalue weighted by molar-refractivity contribution is 0.111. The van der Waals surface area contributed by atoms with Gasteiger partial charge in [0.1, 0.15) is 17.1 Å². The van der Waals surface area contributed by atoms with E-state index in [0.29, 0.717) is 46.7 Å². The minimum atomic E-state index is 0.326. The Kier molecular flexibility index (Phi) is 5.39. The Morgan fingerprint density at radius 3 is 1.63 bits per heavy atom. The molecule has 0 radical (unpaired) electrons. The van der Waals surface area contributed by atoms with Crippen LogP contribution in [0.5, 0.6) is 5.75 Å². The van der Waals surface area contributed by atoms with E-state index in [4.69, 9.17) is 9.72 Å². The van der Waals surface area contributed by atoms with Crippen molar-refractivity contribution in [3.63, 3.8) is 0 Å². The maximum absolute atomic E-state index is 11.2. The Balaban J connectivity index is 1.90. The van der Waals surface area contributed by atoms with Crippen molar-refractivity contribution in [2.75, 3.05) is 7.11 Å². The van der Waals surface area contributed by atoms with Gasteiger partial charge in [-0.1, -0.05) is 24.3 Å². The molecule has 1 aromatic carbocycles. The summed E-state index contributed by atoms with van der Waals surface area (Å²) in [4.78, 5) is 35.8. The lowest BCUT2D eigenvalue weighted by atomic mass is 10.0. The summed E-state index contributed by atoms with van der Waals surface area (Å²) >= 11 is 0. The van der Waals surface area contributed by atoms with E-state index in [1.54, 1.807) is 43.5 Å². The number of hydrogen-bond donors (Lipinski definition) is 0.